The van der Waals surface area contributed by atoms with Gasteiger partial charge in [-0.05, 0) is 89.1 Å². The van der Waals surface area contributed by atoms with E-state index in [4.69, 9.17) is 9.97 Å². The van der Waals surface area contributed by atoms with Crippen LogP contribution in [0.1, 0.15) is 43.6 Å². The van der Waals surface area contributed by atoms with Crippen molar-refractivity contribution in [2.45, 2.75) is 38.0 Å². The minimum Gasteiger partial charge on any atom is -0.228 e. The predicted octanol–water partition coefficient (Wildman–Crippen LogP) is 11.9. The second-order valence-electron chi connectivity index (χ2n) is 19.8. The summed E-state index contributed by atoms with van der Waals surface area (Å²) in [7, 11) is -5.73. The van der Waals surface area contributed by atoms with E-state index in [-0.39, 0.29) is 0 Å². The van der Waals surface area contributed by atoms with Crippen LogP contribution in [0.15, 0.2) is 285 Å². The Morgan fingerprint density at radius 3 is 1.08 bits per heavy atom. The van der Waals surface area contributed by atoms with Crippen LogP contribution < -0.4 is 41.5 Å². The van der Waals surface area contributed by atoms with Gasteiger partial charge in [0, 0.05) is 16.7 Å². The number of aromatic nitrogens is 2. The van der Waals surface area contributed by atoms with Crippen molar-refractivity contribution in [1.29, 1.82) is 0 Å². The van der Waals surface area contributed by atoms with E-state index in [1.165, 1.54) is 95.9 Å². The Morgan fingerprint density at radius 2 is 0.635 bits per heavy atom. The maximum atomic E-state index is 5.76. The lowest BCUT2D eigenvalue weighted by atomic mass is 9.80. The molecule has 0 unspecified atom stereocenters. The van der Waals surface area contributed by atoms with Crippen LogP contribution in [0.4, 0.5) is 0 Å². The van der Waals surface area contributed by atoms with E-state index in [0.29, 0.717) is 5.92 Å². The second kappa shape index (κ2) is 21.0. The van der Waals surface area contributed by atoms with Gasteiger partial charge < -0.3 is 0 Å². The monoisotopic (exact) mass is 982 g/mol. The number of benzene rings is 10. The number of hydrogen-bond donors (Lipinski definition) is 0. The van der Waals surface area contributed by atoms with E-state index in [9.17, 15) is 0 Å². The minimum absolute atomic E-state index is 0.459. The topological polar surface area (TPSA) is 25.8 Å². The van der Waals surface area contributed by atoms with Gasteiger partial charge in [-0.25, -0.2) is 9.97 Å². The molecule has 1 heterocycles. The van der Waals surface area contributed by atoms with Crippen molar-refractivity contribution < 1.29 is 0 Å². The largest absolute Gasteiger partial charge is 0.228 e. The molecule has 0 bridgehead atoms. The Kier molecular flexibility index (Phi) is 13.3. The van der Waals surface area contributed by atoms with Gasteiger partial charge in [0.2, 0.25) is 0 Å². The first-order valence-corrected chi connectivity index (χ1v) is 30.3. The lowest BCUT2D eigenvalue weighted by Crippen LogP contribution is -2.74. The van der Waals surface area contributed by atoms with Crippen molar-refractivity contribution in [1.82, 2.24) is 9.97 Å². The minimum atomic E-state index is -2.87. The lowest BCUT2D eigenvalue weighted by molar-refractivity contribution is 0.444. The molecule has 1 saturated carbocycles. The molecular weight excluding hydrogens is 925 g/mol. The molecule has 12 rings (SSSR count). The van der Waals surface area contributed by atoms with Gasteiger partial charge in [-0.15, -0.1) is 0 Å². The van der Waals surface area contributed by atoms with Gasteiger partial charge in [0.15, 0.2) is 22.0 Å². The van der Waals surface area contributed by atoms with Crippen LogP contribution in [-0.4, -0.2) is 26.1 Å². The summed E-state index contributed by atoms with van der Waals surface area (Å²) in [6.45, 7) is 0. The van der Waals surface area contributed by atoms with E-state index in [1.54, 1.807) is 0 Å². The van der Waals surface area contributed by atoms with Gasteiger partial charge in [-0.3, -0.25) is 0 Å². The molecule has 0 aliphatic heterocycles. The average molecular weight is 983 g/mol. The lowest BCUT2D eigenvalue weighted by Gasteiger charge is -2.34. The van der Waals surface area contributed by atoms with Gasteiger partial charge in [0.1, 0.15) is 0 Å². The van der Waals surface area contributed by atoms with Crippen LogP contribution >= 0.6 is 0 Å². The molecule has 0 atom stereocenters. The Morgan fingerprint density at radius 1 is 0.270 bits per heavy atom. The third kappa shape index (κ3) is 8.80. The maximum absolute atomic E-state index is 5.76. The standard InChI is InChI=1S/C70H58N2Si2/c1-9-27-53(28-10-1)55-47-48-66(54-29-11-2-12-30-54)67(51-55)69-52-68(56-31-25-45-64(49-56)73(58-33-13-3-14-34-58,59-35-15-4-16-36-59)60-37-17-5-18-38-60)71-70(72-69)57-32-26-46-65(50-57)74(61-39-19-6-20-40-61,62-41-21-7-22-42-62)63-43-23-8-24-44-63/h1,3-10,13-28,31-52,54H,2,11-12,29-30H2. The molecule has 1 fully saturated rings. The van der Waals surface area contributed by atoms with Gasteiger partial charge in [0.05, 0.1) is 11.4 Å². The summed E-state index contributed by atoms with van der Waals surface area (Å²) in [5.41, 5.74) is 8.91. The highest BCUT2D eigenvalue weighted by molar-refractivity contribution is 7.20. The molecule has 74 heavy (non-hydrogen) atoms. The molecule has 0 amide bonds. The quantitative estimate of drug-likeness (QED) is 0.0850. The first-order chi connectivity index (χ1) is 36.7. The van der Waals surface area contributed by atoms with Gasteiger partial charge >= 0.3 is 0 Å². The second-order valence-corrected chi connectivity index (χ2v) is 27.4. The number of hydrogen-bond acceptors (Lipinski definition) is 2. The van der Waals surface area contributed by atoms with E-state index >= 15 is 0 Å². The highest BCUT2D eigenvalue weighted by atomic mass is 28.3. The maximum Gasteiger partial charge on any atom is 0.179 e. The Hall–Kier alpha value is -8.29. The van der Waals surface area contributed by atoms with E-state index in [0.717, 1.165) is 28.3 Å². The molecule has 0 saturated heterocycles. The van der Waals surface area contributed by atoms with Crippen molar-refractivity contribution >= 4 is 57.6 Å². The summed E-state index contributed by atoms with van der Waals surface area (Å²) in [6, 6.07) is 106. The van der Waals surface area contributed by atoms with Crippen LogP contribution in [-0.2, 0) is 0 Å². The highest BCUT2D eigenvalue weighted by Gasteiger charge is 2.43. The fourth-order valence-corrected chi connectivity index (χ4v) is 21.7. The molecular formula is C70H58N2Si2. The molecule has 2 nitrogen and oxygen atoms in total. The zero-order valence-corrected chi connectivity index (χ0v) is 43.6. The highest BCUT2D eigenvalue weighted by Crippen LogP contribution is 2.41. The average Bonchev–Trinajstić information content (AvgIpc) is 3.50. The van der Waals surface area contributed by atoms with Crippen LogP contribution in [0.5, 0.6) is 0 Å². The molecule has 1 aliphatic carbocycles. The summed E-state index contributed by atoms with van der Waals surface area (Å²) in [6.07, 6.45) is 6.15. The molecule has 0 radical (unpaired) electrons. The van der Waals surface area contributed by atoms with Gasteiger partial charge in [0.25, 0.3) is 0 Å². The smallest absolute Gasteiger partial charge is 0.179 e. The number of nitrogens with zero attached hydrogens (tertiary/aromatic N) is 2. The molecule has 10 aromatic carbocycles. The normalized spacial score (nSPS) is 13.1. The van der Waals surface area contributed by atoms with Crippen LogP contribution in [0, 0.1) is 0 Å². The van der Waals surface area contributed by atoms with Crippen LogP contribution in [0.3, 0.4) is 0 Å². The molecule has 0 N–H and O–H groups in total. The van der Waals surface area contributed by atoms with Crippen molar-refractivity contribution in [2.75, 3.05) is 0 Å². The van der Waals surface area contributed by atoms with Crippen molar-refractivity contribution in [3.8, 4) is 45.0 Å². The van der Waals surface area contributed by atoms with E-state index in [1.807, 2.05) is 0 Å². The first kappa shape index (κ1) is 46.8. The molecule has 1 aliphatic rings. The van der Waals surface area contributed by atoms with Crippen LogP contribution in [0.25, 0.3) is 45.0 Å². The molecule has 0 spiro atoms. The summed E-state index contributed by atoms with van der Waals surface area (Å²) in [4.78, 5) is 11.5. The van der Waals surface area contributed by atoms with Gasteiger partial charge in [-0.2, -0.15) is 0 Å². The fraction of sp³-hybridized carbons (Fsp3) is 0.0857. The first-order valence-electron chi connectivity index (χ1n) is 26.3. The van der Waals surface area contributed by atoms with E-state index < -0.39 is 16.1 Å². The van der Waals surface area contributed by atoms with Crippen molar-refractivity contribution in [2.24, 2.45) is 0 Å². The molecule has 4 heteroatoms. The molecule has 11 aromatic rings. The van der Waals surface area contributed by atoms with Crippen molar-refractivity contribution in [3.63, 3.8) is 0 Å². The Bertz CT molecular complexity index is 3240. The fourth-order valence-electron chi connectivity index (χ4n) is 12.2. The summed E-state index contributed by atoms with van der Waals surface area (Å²) >= 11 is 0. The third-order valence-corrected chi connectivity index (χ3v) is 25.1. The van der Waals surface area contributed by atoms with E-state index in [2.05, 4.69) is 285 Å². The molecule has 356 valence electrons. The van der Waals surface area contributed by atoms with Crippen molar-refractivity contribution in [3.05, 3.63) is 291 Å². The van der Waals surface area contributed by atoms with Gasteiger partial charge in [-0.1, -0.05) is 292 Å². The zero-order valence-electron chi connectivity index (χ0n) is 41.6. The summed E-state index contributed by atoms with van der Waals surface area (Å²) in [5.74, 6) is 1.18. The van der Waals surface area contributed by atoms with Crippen LogP contribution in [0.2, 0.25) is 0 Å². The SMILES string of the molecule is c1ccc(-c2ccc(C3CCCCC3)c(-c3cc(-c4cccc([Si](c5ccccc5)(c5ccccc5)c5ccccc5)c4)nc(-c4cccc([Si](c5ccccc5)(c5ccccc5)c5ccccc5)c4)n3)c2)cc1. The Labute approximate surface area is 438 Å². The molecule has 1 aromatic heterocycles. The Balaban J connectivity index is 1.12. The predicted molar refractivity (Wildman–Crippen MR) is 317 cm³/mol. The summed E-state index contributed by atoms with van der Waals surface area (Å²) in [5, 5.41) is 10.6. The summed E-state index contributed by atoms with van der Waals surface area (Å²) < 4.78 is 0. The third-order valence-electron chi connectivity index (χ3n) is 15.6. The zero-order chi connectivity index (χ0) is 49.6. The number of rotatable bonds is 13.